The van der Waals surface area contributed by atoms with Crippen molar-refractivity contribution < 1.29 is 14.3 Å². The van der Waals surface area contributed by atoms with E-state index in [2.05, 4.69) is 5.32 Å². The lowest BCUT2D eigenvalue weighted by atomic mass is 10.2. The summed E-state index contributed by atoms with van der Waals surface area (Å²) in [6, 6.07) is 5.97. The molecule has 1 rings (SSSR count). The van der Waals surface area contributed by atoms with Crippen LogP contribution < -0.4 is 5.32 Å². The predicted octanol–water partition coefficient (Wildman–Crippen LogP) is 2.04. The zero-order chi connectivity index (χ0) is 14.4. The summed E-state index contributed by atoms with van der Waals surface area (Å²) in [6.07, 6.45) is 0. The monoisotopic (exact) mass is 284 g/mol. The van der Waals surface area contributed by atoms with Crippen molar-refractivity contribution in [2.45, 2.75) is 19.6 Å². The first-order chi connectivity index (χ1) is 8.90. The van der Waals surface area contributed by atoms with Gasteiger partial charge in [0.15, 0.2) is 0 Å². The summed E-state index contributed by atoms with van der Waals surface area (Å²) in [7, 11) is 3.20. The molecule has 5 nitrogen and oxygen atoms in total. The Kier molecular flexibility index (Phi) is 5.63. The average Bonchev–Trinajstić information content (AvgIpc) is 2.37. The third-order valence-electron chi connectivity index (χ3n) is 2.39. The van der Waals surface area contributed by atoms with Crippen molar-refractivity contribution >= 4 is 23.6 Å². The van der Waals surface area contributed by atoms with Gasteiger partial charge in [-0.25, -0.2) is 9.59 Å². The Balaban J connectivity index is 2.42. The average molecular weight is 285 g/mol. The van der Waals surface area contributed by atoms with Crippen molar-refractivity contribution in [1.82, 2.24) is 10.2 Å². The highest BCUT2D eigenvalue weighted by Crippen LogP contribution is 2.10. The zero-order valence-corrected chi connectivity index (χ0v) is 11.9. The van der Waals surface area contributed by atoms with E-state index >= 15 is 0 Å². The summed E-state index contributed by atoms with van der Waals surface area (Å²) in [6.45, 7) is 1.73. The van der Waals surface area contributed by atoms with Gasteiger partial charge in [-0.1, -0.05) is 23.7 Å². The molecule has 104 valence electrons. The molecule has 0 heterocycles. The standard InChI is InChI=1S/C13H17ClN2O3/c1-9(15-13(18)16(2)3)12(17)19-8-10-4-6-11(14)7-5-10/h4-7,9H,8H2,1-3H3,(H,15,18)/t9-/m1/s1. The first-order valence-corrected chi connectivity index (χ1v) is 6.17. The maximum absolute atomic E-state index is 11.7. The van der Waals surface area contributed by atoms with Gasteiger partial charge in [-0.2, -0.15) is 0 Å². The molecule has 0 fully saturated rings. The van der Waals surface area contributed by atoms with E-state index in [4.69, 9.17) is 16.3 Å². The minimum Gasteiger partial charge on any atom is -0.459 e. The van der Waals surface area contributed by atoms with Crippen LogP contribution in [0.25, 0.3) is 0 Å². The number of esters is 1. The Bertz CT molecular complexity index is 446. The van der Waals surface area contributed by atoms with Gasteiger partial charge in [-0.3, -0.25) is 0 Å². The number of rotatable bonds is 4. The Hall–Kier alpha value is -1.75. The fourth-order valence-corrected chi connectivity index (χ4v) is 1.36. The molecule has 0 spiro atoms. The summed E-state index contributed by atoms with van der Waals surface area (Å²) in [5.74, 6) is -0.481. The van der Waals surface area contributed by atoms with E-state index in [0.717, 1.165) is 5.56 Å². The lowest BCUT2D eigenvalue weighted by molar-refractivity contribution is -0.146. The number of nitrogens with zero attached hydrogens (tertiary/aromatic N) is 1. The second kappa shape index (κ2) is 6.99. The van der Waals surface area contributed by atoms with Crippen LogP contribution in [0.3, 0.4) is 0 Å². The predicted molar refractivity (Wildman–Crippen MR) is 72.9 cm³/mol. The summed E-state index contributed by atoms with van der Waals surface area (Å²) in [5.41, 5.74) is 0.837. The van der Waals surface area contributed by atoms with Crippen molar-refractivity contribution in [2.75, 3.05) is 14.1 Å². The van der Waals surface area contributed by atoms with Crippen LogP contribution in [-0.2, 0) is 16.1 Å². The van der Waals surface area contributed by atoms with Crippen LogP contribution in [0.4, 0.5) is 4.79 Å². The van der Waals surface area contributed by atoms with Crippen molar-refractivity contribution in [2.24, 2.45) is 0 Å². The fourth-order valence-electron chi connectivity index (χ4n) is 1.23. The number of benzene rings is 1. The van der Waals surface area contributed by atoms with Crippen LogP contribution >= 0.6 is 11.6 Å². The molecule has 0 aliphatic rings. The second-order valence-electron chi connectivity index (χ2n) is 4.30. The largest absolute Gasteiger partial charge is 0.459 e. The second-order valence-corrected chi connectivity index (χ2v) is 4.74. The number of hydrogen-bond acceptors (Lipinski definition) is 3. The Labute approximate surface area is 117 Å². The maximum Gasteiger partial charge on any atom is 0.328 e. The van der Waals surface area contributed by atoms with Gasteiger partial charge in [0, 0.05) is 19.1 Å². The van der Waals surface area contributed by atoms with Crippen LogP contribution in [-0.4, -0.2) is 37.0 Å². The Morgan fingerprint density at radius 1 is 1.32 bits per heavy atom. The quantitative estimate of drug-likeness (QED) is 0.861. The van der Waals surface area contributed by atoms with Crippen LogP contribution in [0.5, 0.6) is 0 Å². The lowest BCUT2D eigenvalue weighted by Gasteiger charge is -2.17. The molecule has 0 aliphatic carbocycles. The molecule has 0 radical (unpaired) electrons. The van der Waals surface area contributed by atoms with E-state index in [9.17, 15) is 9.59 Å². The van der Waals surface area contributed by atoms with Gasteiger partial charge in [0.25, 0.3) is 0 Å². The summed E-state index contributed by atoms with van der Waals surface area (Å²) in [5, 5.41) is 3.14. The molecule has 0 bridgehead atoms. The number of hydrogen-bond donors (Lipinski definition) is 1. The SMILES string of the molecule is C[C@@H](NC(=O)N(C)C)C(=O)OCc1ccc(Cl)cc1. The molecule has 2 amide bonds. The van der Waals surface area contributed by atoms with Gasteiger partial charge in [-0.05, 0) is 24.6 Å². The summed E-state index contributed by atoms with van der Waals surface area (Å²) >= 11 is 5.75. The molecule has 0 unspecified atom stereocenters. The van der Waals surface area contributed by atoms with Crippen LogP contribution in [0, 0.1) is 0 Å². The first-order valence-electron chi connectivity index (χ1n) is 5.79. The van der Waals surface area contributed by atoms with E-state index < -0.39 is 12.0 Å². The zero-order valence-electron chi connectivity index (χ0n) is 11.1. The van der Waals surface area contributed by atoms with E-state index in [1.807, 2.05) is 0 Å². The molecule has 1 aromatic rings. The number of urea groups is 1. The van der Waals surface area contributed by atoms with Gasteiger partial charge >= 0.3 is 12.0 Å². The van der Waals surface area contributed by atoms with Gasteiger partial charge in [-0.15, -0.1) is 0 Å². The number of nitrogens with one attached hydrogen (secondary N) is 1. The molecule has 19 heavy (non-hydrogen) atoms. The first kappa shape index (κ1) is 15.3. The van der Waals surface area contributed by atoms with E-state index in [0.29, 0.717) is 5.02 Å². The normalized spacial score (nSPS) is 11.6. The Morgan fingerprint density at radius 2 is 1.89 bits per heavy atom. The highest BCUT2D eigenvalue weighted by molar-refractivity contribution is 6.30. The topological polar surface area (TPSA) is 58.6 Å². The van der Waals surface area contributed by atoms with Crippen molar-refractivity contribution in [3.8, 4) is 0 Å². The molecule has 1 N–H and O–H groups in total. The summed E-state index contributed by atoms with van der Waals surface area (Å²) in [4.78, 5) is 24.4. The Morgan fingerprint density at radius 3 is 2.42 bits per heavy atom. The lowest BCUT2D eigenvalue weighted by Crippen LogP contribution is -2.44. The van der Waals surface area contributed by atoms with Crippen LogP contribution in [0.1, 0.15) is 12.5 Å². The fraction of sp³-hybridized carbons (Fsp3) is 0.385. The molecule has 0 saturated heterocycles. The van der Waals surface area contributed by atoms with Crippen LogP contribution in [0.2, 0.25) is 5.02 Å². The molecule has 1 atom stereocenters. The van der Waals surface area contributed by atoms with Crippen molar-refractivity contribution in [3.05, 3.63) is 34.9 Å². The number of amides is 2. The van der Waals surface area contributed by atoms with Gasteiger partial charge < -0.3 is 15.0 Å². The van der Waals surface area contributed by atoms with Crippen molar-refractivity contribution in [3.63, 3.8) is 0 Å². The number of halogens is 1. The highest BCUT2D eigenvalue weighted by Gasteiger charge is 2.17. The van der Waals surface area contributed by atoms with Gasteiger partial charge in [0.1, 0.15) is 12.6 Å². The number of carbonyl (C=O) groups excluding carboxylic acids is 2. The smallest absolute Gasteiger partial charge is 0.328 e. The van der Waals surface area contributed by atoms with Crippen molar-refractivity contribution in [1.29, 1.82) is 0 Å². The molecular weight excluding hydrogens is 268 g/mol. The molecule has 0 aromatic heterocycles. The number of ether oxygens (including phenoxy) is 1. The van der Waals surface area contributed by atoms with Gasteiger partial charge in [0.2, 0.25) is 0 Å². The molecular formula is C13H17ClN2O3. The molecule has 0 saturated carbocycles. The third kappa shape index (κ3) is 5.18. The molecule has 1 aromatic carbocycles. The van der Waals surface area contributed by atoms with E-state index in [1.165, 1.54) is 4.90 Å². The molecule has 6 heteroatoms. The maximum atomic E-state index is 11.7. The number of carbonyl (C=O) groups is 2. The third-order valence-corrected chi connectivity index (χ3v) is 2.65. The van der Waals surface area contributed by atoms with E-state index in [-0.39, 0.29) is 12.6 Å². The minimum atomic E-state index is -0.692. The van der Waals surface area contributed by atoms with Gasteiger partial charge in [0.05, 0.1) is 0 Å². The molecule has 0 aliphatic heterocycles. The summed E-state index contributed by atoms with van der Waals surface area (Å²) < 4.78 is 5.10. The van der Waals surface area contributed by atoms with Crippen LogP contribution in [0.15, 0.2) is 24.3 Å². The minimum absolute atomic E-state index is 0.151. The highest BCUT2D eigenvalue weighted by atomic mass is 35.5. The van der Waals surface area contributed by atoms with E-state index in [1.54, 1.807) is 45.3 Å².